The van der Waals surface area contributed by atoms with Crippen LogP contribution in [0.3, 0.4) is 0 Å². The van der Waals surface area contributed by atoms with Crippen LogP contribution in [0.25, 0.3) is 0 Å². The number of rotatable bonds is 4. The molecule has 1 aromatic carbocycles. The molecule has 4 nitrogen and oxygen atoms in total. The molecule has 0 aromatic heterocycles. The highest BCUT2D eigenvalue weighted by Crippen LogP contribution is 2.32. The highest BCUT2D eigenvalue weighted by atomic mass is 19.1. The van der Waals surface area contributed by atoms with Gasteiger partial charge in [0.15, 0.2) is 11.6 Å². The third-order valence-electron chi connectivity index (χ3n) is 2.90. The molecule has 0 spiro atoms. The fourth-order valence-corrected chi connectivity index (χ4v) is 1.62. The van der Waals surface area contributed by atoms with Crippen LogP contribution in [0.4, 0.5) is 4.39 Å². The molecule has 0 radical (unpaired) electrons. The summed E-state index contributed by atoms with van der Waals surface area (Å²) in [4.78, 5) is 10.6. The number of ether oxygens (including phenoxy) is 1. The van der Waals surface area contributed by atoms with Crippen molar-refractivity contribution in [3.8, 4) is 5.75 Å². The SMILES string of the molecule is COc1cccc(C(C)(N)/C(C)=C\C(=O)O)c1F. The number of carboxylic acids is 1. The minimum atomic E-state index is -1.21. The number of methoxy groups -OCH3 is 1. The second-order valence-electron chi connectivity index (χ2n) is 4.19. The van der Waals surface area contributed by atoms with Crippen LogP contribution in [0.5, 0.6) is 5.75 Å². The summed E-state index contributed by atoms with van der Waals surface area (Å²) < 4.78 is 19.0. The van der Waals surface area contributed by atoms with Crippen LogP contribution in [0.1, 0.15) is 19.4 Å². The molecule has 0 aliphatic heterocycles. The lowest BCUT2D eigenvalue weighted by Gasteiger charge is -2.27. The molecule has 1 rings (SSSR count). The van der Waals surface area contributed by atoms with E-state index >= 15 is 0 Å². The number of aliphatic carboxylic acids is 1. The summed E-state index contributed by atoms with van der Waals surface area (Å²) in [5, 5.41) is 8.71. The Bertz CT molecular complexity index is 495. The molecule has 1 atom stereocenters. The normalized spacial score (nSPS) is 15.1. The maximum Gasteiger partial charge on any atom is 0.328 e. The number of nitrogens with two attached hydrogens (primary N) is 1. The molecule has 5 heteroatoms. The third kappa shape index (κ3) is 2.68. The molecule has 0 saturated carbocycles. The van der Waals surface area contributed by atoms with Crippen molar-refractivity contribution in [2.24, 2.45) is 5.73 Å². The van der Waals surface area contributed by atoms with Gasteiger partial charge in [-0.25, -0.2) is 9.18 Å². The van der Waals surface area contributed by atoms with Crippen molar-refractivity contribution in [2.45, 2.75) is 19.4 Å². The van der Waals surface area contributed by atoms with E-state index in [1.165, 1.54) is 19.2 Å². The van der Waals surface area contributed by atoms with E-state index in [0.717, 1.165) is 6.08 Å². The Morgan fingerprint density at radius 2 is 2.17 bits per heavy atom. The molecule has 0 bridgehead atoms. The number of carboxylic acid groups (broad SMARTS) is 1. The topological polar surface area (TPSA) is 72.5 Å². The number of hydrogen-bond acceptors (Lipinski definition) is 3. The quantitative estimate of drug-likeness (QED) is 0.805. The first-order chi connectivity index (χ1) is 8.30. The average Bonchev–Trinajstić information content (AvgIpc) is 2.28. The van der Waals surface area contributed by atoms with Crippen molar-refractivity contribution >= 4 is 5.97 Å². The summed E-state index contributed by atoms with van der Waals surface area (Å²) in [7, 11) is 1.36. The lowest BCUT2D eigenvalue weighted by Crippen LogP contribution is -2.35. The molecule has 0 amide bonds. The molecule has 0 fully saturated rings. The predicted molar refractivity (Wildman–Crippen MR) is 65.9 cm³/mol. The van der Waals surface area contributed by atoms with Crippen LogP contribution in [0.15, 0.2) is 29.8 Å². The second kappa shape index (κ2) is 5.18. The Balaban J connectivity index is 3.32. The summed E-state index contributed by atoms with van der Waals surface area (Å²) in [6, 6.07) is 4.60. The summed E-state index contributed by atoms with van der Waals surface area (Å²) in [6.07, 6.45) is 0.971. The van der Waals surface area contributed by atoms with Crippen molar-refractivity contribution in [1.29, 1.82) is 0 Å². The monoisotopic (exact) mass is 253 g/mol. The number of carbonyl (C=O) groups is 1. The van der Waals surface area contributed by atoms with E-state index in [0.29, 0.717) is 5.57 Å². The summed E-state index contributed by atoms with van der Waals surface area (Å²) >= 11 is 0. The molecular formula is C13H16FNO3. The zero-order valence-electron chi connectivity index (χ0n) is 10.5. The highest BCUT2D eigenvalue weighted by Gasteiger charge is 2.28. The van der Waals surface area contributed by atoms with Gasteiger partial charge in [-0.2, -0.15) is 0 Å². The van der Waals surface area contributed by atoms with Crippen LogP contribution in [-0.4, -0.2) is 18.2 Å². The number of hydrogen-bond donors (Lipinski definition) is 2. The van der Waals surface area contributed by atoms with Crippen molar-refractivity contribution in [3.05, 3.63) is 41.2 Å². The molecule has 1 unspecified atom stereocenters. The number of halogens is 1. The van der Waals surface area contributed by atoms with Crippen molar-refractivity contribution in [1.82, 2.24) is 0 Å². The van der Waals surface area contributed by atoms with Gasteiger partial charge in [-0.15, -0.1) is 0 Å². The zero-order chi connectivity index (χ0) is 13.9. The number of benzene rings is 1. The molecule has 0 aliphatic rings. The fourth-order valence-electron chi connectivity index (χ4n) is 1.62. The van der Waals surface area contributed by atoms with Crippen molar-refractivity contribution < 1.29 is 19.0 Å². The van der Waals surface area contributed by atoms with E-state index in [1.54, 1.807) is 19.9 Å². The van der Waals surface area contributed by atoms with E-state index < -0.39 is 17.3 Å². The maximum atomic E-state index is 14.1. The van der Waals surface area contributed by atoms with Gasteiger partial charge in [-0.3, -0.25) is 0 Å². The Morgan fingerprint density at radius 1 is 1.56 bits per heavy atom. The van der Waals surface area contributed by atoms with Gasteiger partial charge in [-0.1, -0.05) is 12.1 Å². The minimum absolute atomic E-state index is 0.0762. The van der Waals surface area contributed by atoms with Gasteiger partial charge in [-0.05, 0) is 25.5 Å². The molecule has 0 saturated heterocycles. The Morgan fingerprint density at radius 3 is 2.67 bits per heavy atom. The van der Waals surface area contributed by atoms with Gasteiger partial charge in [0, 0.05) is 11.6 Å². The first kappa shape index (κ1) is 14.2. The Hall–Kier alpha value is -1.88. The maximum absolute atomic E-state index is 14.1. The Labute approximate surface area is 105 Å². The van der Waals surface area contributed by atoms with Crippen molar-refractivity contribution in [3.63, 3.8) is 0 Å². The smallest absolute Gasteiger partial charge is 0.328 e. The molecule has 0 aliphatic carbocycles. The van der Waals surface area contributed by atoms with Crippen LogP contribution in [0.2, 0.25) is 0 Å². The van der Waals surface area contributed by atoms with E-state index in [2.05, 4.69) is 0 Å². The molecule has 3 N–H and O–H groups in total. The van der Waals surface area contributed by atoms with Gasteiger partial charge in [0.2, 0.25) is 0 Å². The van der Waals surface area contributed by atoms with E-state index in [1.807, 2.05) is 0 Å². The Kier molecular flexibility index (Phi) is 4.08. The van der Waals surface area contributed by atoms with Gasteiger partial charge >= 0.3 is 5.97 Å². The zero-order valence-corrected chi connectivity index (χ0v) is 10.5. The van der Waals surface area contributed by atoms with Gasteiger partial charge in [0.25, 0.3) is 0 Å². The highest BCUT2D eigenvalue weighted by molar-refractivity contribution is 5.81. The van der Waals surface area contributed by atoms with E-state index in [9.17, 15) is 9.18 Å². The average molecular weight is 253 g/mol. The largest absolute Gasteiger partial charge is 0.494 e. The first-order valence-corrected chi connectivity index (χ1v) is 5.34. The van der Waals surface area contributed by atoms with E-state index in [4.69, 9.17) is 15.6 Å². The second-order valence-corrected chi connectivity index (χ2v) is 4.19. The molecule has 98 valence electrons. The van der Waals surface area contributed by atoms with Gasteiger partial charge < -0.3 is 15.6 Å². The third-order valence-corrected chi connectivity index (χ3v) is 2.90. The predicted octanol–water partition coefficient (Wildman–Crippen LogP) is 2.04. The molecule has 18 heavy (non-hydrogen) atoms. The lowest BCUT2D eigenvalue weighted by atomic mass is 9.85. The van der Waals surface area contributed by atoms with Gasteiger partial charge in [0.05, 0.1) is 12.6 Å². The molecule has 0 heterocycles. The van der Waals surface area contributed by atoms with Crippen LogP contribution >= 0.6 is 0 Å². The van der Waals surface area contributed by atoms with Gasteiger partial charge in [0.1, 0.15) is 0 Å². The summed E-state index contributed by atoms with van der Waals surface area (Å²) in [6.45, 7) is 3.10. The minimum Gasteiger partial charge on any atom is -0.494 e. The summed E-state index contributed by atoms with van der Waals surface area (Å²) in [5.74, 6) is -1.62. The summed E-state index contributed by atoms with van der Waals surface area (Å²) in [5.41, 5.74) is 5.36. The molecular weight excluding hydrogens is 237 g/mol. The van der Waals surface area contributed by atoms with Crippen LogP contribution in [-0.2, 0) is 10.3 Å². The lowest BCUT2D eigenvalue weighted by molar-refractivity contribution is -0.131. The first-order valence-electron chi connectivity index (χ1n) is 5.34. The fraction of sp³-hybridized carbons (Fsp3) is 0.308. The van der Waals surface area contributed by atoms with Crippen LogP contribution < -0.4 is 10.5 Å². The van der Waals surface area contributed by atoms with Crippen LogP contribution in [0, 0.1) is 5.82 Å². The molecule has 1 aromatic rings. The van der Waals surface area contributed by atoms with E-state index in [-0.39, 0.29) is 11.3 Å². The standard InChI is InChI=1S/C13H16FNO3/c1-8(7-11(16)17)13(2,15)9-5-4-6-10(18-3)12(9)14/h4-7H,15H2,1-3H3,(H,16,17)/b8-7-. The van der Waals surface area contributed by atoms with Crippen molar-refractivity contribution in [2.75, 3.05) is 7.11 Å².